The molecule has 2 aromatic rings. The first-order chi connectivity index (χ1) is 8.60. The lowest BCUT2D eigenvalue weighted by molar-refractivity contribution is 0.415. The predicted octanol–water partition coefficient (Wildman–Crippen LogP) is 3.43. The average molecular weight is 263 g/mol. The van der Waals surface area contributed by atoms with E-state index < -0.39 is 0 Å². The van der Waals surface area contributed by atoms with Crippen LogP contribution in [0.15, 0.2) is 30.5 Å². The number of halogens is 1. The van der Waals surface area contributed by atoms with Crippen molar-refractivity contribution >= 4 is 28.6 Å². The molecule has 0 bridgehead atoms. The lowest BCUT2D eigenvalue weighted by Crippen LogP contribution is -1.99. The van der Waals surface area contributed by atoms with Gasteiger partial charge in [0.15, 0.2) is 0 Å². The largest absolute Gasteiger partial charge is 0.497 e. The lowest BCUT2D eigenvalue weighted by atomic mass is 10.1. The van der Waals surface area contributed by atoms with Gasteiger partial charge in [-0.2, -0.15) is 0 Å². The summed E-state index contributed by atoms with van der Waals surface area (Å²) in [5.41, 5.74) is 1.89. The van der Waals surface area contributed by atoms with Crippen LogP contribution in [0.2, 0.25) is 5.15 Å². The molecule has 18 heavy (non-hydrogen) atoms. The minimum atomic E-state index is 0.492. The lowest BCUT2D eigenvalue weighted by Gasteiger charge is -2.07. The van der Waals surface area contributed by atoms with Crippen LogP contribution in [0.3, 0.4) is 0 Å². The van der Waals surface area contributed by atoms with Crippen molar-refractivity contribution in [3.05, 3.63) is 41.2 Å². The zero-order valence-electron chi connectivity index (χ0n) is 10.6. The number of hydrogen-bond donors (Lipinski definition) is 0. The van der Waals surface area contributed by atoms with E-state index in [0.29, 0.717) is 5.15 Å². The maximum atomic E-state index is 6.02. The number of methoxy groups -OCH3 is 1. The van der Waals surface area contributed by atoms with E-state index in [1.807, 2.05) is 55.5 Å². The smallest absolute Gasteiger partial charge is 0.130 e. The number of hydrogen-bond acceptors (Lipinski definition) is 3. The summed E-state index contributed by atoms with van der Waals surface area (Å²) in [5, 5.41) is 1.52. The van der Waals surface area contributed by atoms with Crippen LogP contribution < -0.4 is 4.74 Å². The molecule has 0 spiro atoms. The molecular weight excluding hydrogens is 248 g/mol. The molecule has 0 aliphatic carbocycles. The van der Waals surface area contributed by atoms with Crippen LogP contribution >= 0.6 is 11.6 Å². The molecule has 0 amide bonds. The summed E-state index contributed by atoms with van der Waals surface area (Å²) in [6.45, 7) is 0. The number of aromatic nitrogens is 1. The summed E-state index contributed by atoms with van der Waals surface area (Å²) >= 11 is 6.02. The van der Waals surface area contributed by atoms with Gasteiger partial charge in [0.2, 0.25) is 0 Å². The van der Waals surface area contributed by atoms with E-state index in [1.165, 1.54) is 0 Å². The van der Waals surface area contributed by atoms with E-state index >= 15 is 0 Å². The SMILES string of the molecule is COc1ccc2nc(Cl)cc(C=CN(C)C)c2c1. The highest BCUT2D eigenvalue weighted by atomic mass is 35.5. The second-order valence-electron chi connectivity index (χ2n) is 4.20. The van der Waals surface area contributed by atoms with Crippen molar-refractivity contribution in [1.82, 2.24) is 9.88 Å². The summed E-state index contributed by atoms with van der Waals surface area (Å²) in [7, 11) is 5.60. The second kappa shape index (κ2) is 5.27. The average Bonchev–Trinajstić information content (AvgIpc) is 2.35. The van der Waals surface area contributed by atoms with E-state index in [1.54, 1.807) is 7.11 Å². The fourth-order valence-corrected chi connectivity index (χ4v) is 1.90. The Kier molecular flexibility index (Phi) is 3.72. The van der Waals surface area contributed by atoms with Crippen molar-refractivity contribution in [2.45, 2.75) is 0 Å². The number of ether oxygens (including phenoxy) is 1. The first-order valence-corrected chi connectivity index (χ1v) is 5.97. The molecule has 1 aromatic carbocycles. The summed E-state index contributed by atoms with van der Waals surface area (Å²) in [5.74, 6) is 0.811. The number of fused-ring (bicyclic) bond motifs is 1. The molecule has 0 unspecified atom stereocenters. The topological polar surface area (TPSA) is 25.4 Å². The van der Waals surface area contributed by atoms with Gasteiger partial charge in [0.25, 0.3) is 0 Å². The Morgan fingerprint density at radius 1 is 1.28 bits per heavy atom. The third-order valence-corrected chi connectivity index (χ3v) is 2.76. The molecule has 1 heterocycles. The molecule has 1 aromatic heterocycles. The zero-order chi connectivity index (χ0) is 13.1. The van der Waals surface area contributed by atoms with Gasteiger partial charge >= 0.3 is 0 Å². The van der Waals surface area contributed by atoms with Gasteiger partial charge in [-0.15, -0.1) is 0 Å². The van der Waals surface area contributed by atoms with Crippen molar-refractivity contribution in [3.8, 4) is 5.75 Å². The van der Waals surface area contributed by atoms with Crippen LogP contribution in [0.1, 0.15) is 5.56 Å². The quantitative estimate of drug-likeness (QED) is 0.793. The third kappa shape index (κ3) is 2.74. The highest BCUT2D eigenvalue weighted by Gasteiger charge is 2.04. The van der Waals surface area contributed by atoms with Crippen LogP contribution in [0, 0.1) is 0 Å². The maximum Gasteiger partial charge on any atom is 0.130 e. The zero-order valence-corrected chi connectivity index (χ0v) is 11.4. The van der Waals surface area contributed by atoms with Crippen molar-refractivity contribution in [2.75, 3.05) is 21.2 Å². The van der Waals surface area contributed by atoms with Crippen LogP contribution in [0.4, 0.5) is 0 Å². The fourth-order valence-electron chi connectivity index (χ4n) is 1.69. The highest BCUT2D eigenvalue weighted by Crippen LogP contribution is 2.26. The van der Waals surface area contributed by atoms with Crippen LogP contribution in [-0.4, -0.2) is 31.1 Å². The Balaban J connectivity index is 2.61. The van der Waals surface area contributed by atoms with Crippen LogP contribution in [0.5, 0.6) is 5.75 Å². The summed E-state index contributed by atoms with van der Waals surface area (Å²) in [6, 6.07) is 7.61. The molecule has 0 aliphatic rings. The van der Waals surface area contributed by atoms with Gasteiger partial charge in [-0.3, -0.25) is 0 Å². The second-order valence-corrected chi connectivity index (χ2v) is 4.58. The van der Waals surface area contributed by atoms with Gasteiger partial charge in [-0.05, 0) is 42.1 Å². The molecule has 0 saturated carbocycles. The van der Waals surface area contributed by atoms with E-state index in [4.69, 9.17) is 16.3 Å². The molecular formula is C14H15ClN2O. The molecule has 3 nitrogen and oxygen atoms in total. The summed E-state index contributed by atoms with van der Waals surface area (Å²) in [4.78, 5) is 6.27. The molecule has 0 atom stereocenters. The normalized spacial score (nSPS) is 11.1. The highest BCUT2D eigenvalue weighted by molar-refractivity contribution is 6.30. The minimum absolute atomic E-state index is 0.492. The van der Waals surface area contributed by atoms with Crippen molar-refractivity contribution in [2.24, 2.45) is 0 Å². The first kappa shape index (κ1) is 12.7. The Morgan fingerprint density at radius 2 is 2.06 bits per heavy atom. The molecule has 0 aliphatic heterocycles. The Hall–Kier alpha value is -1.74. The van der Waals surface area contributed by atoms with E-state index in [2.05, 4.69) is 4.98 Å². The van der Waals surface area contributed by atoms with E-state index in [0.717, 1.165) is 22.2 Å². The number of nitrogens with zero attached hydrogens (tertiary/aromatic N) is 2. The number of pyridine rings is 1. The van der Waals surface area contributed by atoms with Gasteiger partial charge in [-0.1, -0.05) is 11.6 Å². The first-order valence-electron chi connectivity index (χ1n) is 5.59. The Bertz CT molecular complexity index is 594. The van der Waals surface area contributed by atoms with E-state index in [-0.39, 0.29) is 0 Å². The molecule has 0 fully saturated rings. The van der Waals surface area contributed by atoms with Crippen LogP contribution in [0.25, 0.3) is 17.0 Å². The molecule has 0 N–H and O–H groups in total. The summed E-state index contributed by atoms with van der Waals surface area (Å²) in [6.07, 6.45) is 3.99. The Morgan fingerprint density at radius 3 is 2.72 bits per heavy atom. The van der Waals surface area contributed by atoms with Gasteiger partial charge in [0.05, 0.1) is 12.6 Å². The fraction of sp³-hybridized carbons (Fsp3) is 0.214. The monoisotopic (exact) mass is 262 g/mol. The third-order valence-electron chi connectivity index (χ3n) is 2.57. The summed E-state index contributed by atoms with van der Waals surface area (Å²) < 4.78 is 5.24. The van der Waals surface area contributed by atoms with E-state index in [9.17, 15) is 0 Å². The predicted molar refractivity (Wildman–Crippen MR) is 76.0 cm³/mol. The molecule has 0 radical (unpaired) electrons. The Labute approximate surface area is 112 Å². The van der Waals surface area contributed by atoms with Crippen molar-refractivity contribution in [1.29, 1.82) is 0 Å². The van der Waals surface area contributed by atoms with Gasteiger partial charge in [0.1, 0.15) is 10.9 Å². The minimum Gasteiger partial charge on any atom is -0.497 e. The maximum absolute atomic E-state index is 6.02. The molecule has 2 rings (SSSR count). The molecule has 0 saturated heterocycles. The van der Waals surface area contributed by atoms with Crippen molar-refractivity contribution < 1.29 is 4.74 Å². The van der Waals surface area contributed by atoms with Gasteiger partial charge in [0, 0.05) is 19.5 Å². The van der Waals surface area contributed by atoms with Gasteiger partial charge in [-0.25, -0.2) is 4.98 Å². The number of rotatable bonds is 3. The standard InChI is InChI=1S/C14H15ClN2O/c1-17(2)7-6-10-8-14(15)16-13-5-4-11(18-3)9-12(10)13/h4-9H,1-3H3. The number of benzene rings is 1. The molecule has 94 valence electrons. The van der Waals surface area contributed by atoms with Crippen LogP contribution in [-0.2, 0) is 0 Å². The van der Waals surface area contributed by atoms with Gasteiger partial charge < -0.3 is 9.64 Å². The molecule has 4 heteroatoms. The van der Waals surface area contributed by atoms with Crippen molar-refractivity contribution in [3.63, 3.8) is 0 Å².